The standard InChI is InChI=1S/C14H15NO/c1-11-8-9-12(2)15(11)10-14(16)13-6-4-3-5-7-13/h3-9H,10H2,1-2H3. The highest BCUT2D eigenvalue weighted by atomic mass is 16.1. The van der Waals surface area contributed by atoms with E-state index < -0.39 is 0 Å². The van der Waals surface area contributed by atoms with Gasteiger partial charge in [-0.05, 0) is 26.0 Å². The molecule has 16 heavy (non-hydrogen) atoms. The van der Waals surface area contributed by atoms with Gasteiger partial charge in [0.25, 0.3) is 0 Å². The van der Waals surface area contributed by atoms with Crippen LogP contribution in [0.25, 0.3) is 0 Å². The zero-order chi connectivity index (χ0) is 11.5. The van der Waals surface area contributed by atoms with Gasteiger partial charge in [-0.3, -0.25) is 4.79 Å². The lowest BCUT2D eigenvalue weighted by Crippen LogP contribution is -2.12. The molecule has 2 aromatic rings. The number of carbonyl (C=O) groups is 1. The normalized spacial score (nSPS) is 10.4. The minimum atomic E-state index is 0.156. The van der Waals surface area contributed by atoms with Gasteiger partial charge in [0.2, 0.25) is 0 Å². The van der Waals surface area contributed by atoms with Crippen LogP contribution in [-0.4, -0.2) is 10.4 Å². The number of benzene rings is 1. The first-order chi connectivity index (χ1) is 7.68. The Bertz CT molecular complexity index is 477. The van der Waals surface area contributed by atoms with Gasteiger partial charge in [-0.1, -0.05) is 30.3 Å². The van der Waals surface area contributed by atoms with Gasteiger partial charge in [0, 0.05) is 17.0 Å². The molecule has 0 N–H and O–H groups in total. The van der Waals surface area contributed by atoms with Crippen molar-refractivity contribution in [3.63, 3.8) is 0 Å². The molecule has 0 bridgehead atoms. The van der Waals surface area contributed by atoms with Gasteiger partial charge in [0.1, 0.15) is 0 Å². The summed E-state index contributed by atoms with van der Waals surface area (Å²) in [7, 11) is 0. The van der Waals surface area contributed by atoms with Crippen LogP contribution in [0, 0.1) is 13.8 Å². The van der Waals surface area contributed by atoms with Crippen LogP contribution in [0.1, 0.15) is 21.7 Å². The lowest BCUT2D eigenvalue weighted by Gasteiger charge is -2.08. The lowest BCUT2D eigenvalue weighted by molar-refractivity contribution is 0.0970. The van der Waals surface area contributed by atoms with Gasteiger partial charge in [0.15, 0.2) is 5.78 Å². The summed E-state index contributed by atoms with van der Waals surface area (Å²) < 4.78 is 2.04. The summed E-state index contributed by atoms with van der Waals surface area (Å²) in [5, 5.41) is 0. The van der Waals surface area contributed by atoms with Crippen molar-refractivity contribution in [1.82, 2.24) is 4.57 Å². The third kappa shape index (κ3) is 2.06. The molecule has 0 saturated heterocycles. The molecule has 1 aromatic carbocycles. The molecule has 2 nitrogen and oxygen atoms in total. The van der Waals surface area contributed by atoms with Crippen LogP contribution in [0.5, 0.6) is 0 Å². The molecule has 82 valence electrons. The van der Waals surface area contributed by atoms with Gasteiger partial charge in [-0.25, -0.2) is 0 Å². The Morgan fingerprint density at radius 2 is 1.56 bits per heavy atom. The van der Waals surface area contributed by atoms with Crippen LogP contribution < -0.4 is 0 Å². The predicted molar refractivity (Wildman–Crippen MR) is 64.7 cm³/mol. The summed E-state index contributed by atoms with van der Waals surface area (Å²) in [6, 6.07) is 13.5. The largest absolute Gasteiger partial charge is 0.341 e. The summed E-state index contributed by atoms with van der Waals surface area (Å²) in [5.74, 6) is 0.156. The monoisotopic (exact) mass is 213 g/mol. The SMILES string of the molecule is Cc1ccc(C)n1CC(=O)c1ccccc1. The molecular weight excluding hydrogens is 198 g/mol. The van der Waals surface area contributed by atoms with E-state index in [4.69, 9.17) is 0 Å². The summed E-state index contributed by atoms with van der Waals surface area (Å²) in [4.78, 5) is 12.0. The van der Waals surface area contributed by atoms with Gasteiger partial charge in [-0.15, -0.1) is 0 Å². The van der Waals surface area contributed by atoms with Crippen LogP contribution in [0.4, 0.5) is 0 Å². The third-order valence-electron chi connectivity index (χ3n) is 2.81. The second kappa shape index (κ2) is 4.35. The highest BCUT2D eigenvalue weighted by Crippen LogP contribution is 2.09. The predicted octanol–water partition coefficient (Wildman–Crippen LogP) is 2.99. The van der Waals surface area contributed by atoms with E-state index in [9.17, 15) is 4.79 Å². The first-order valence-corrected chi connectivity index (χ1v) is 5.39. The fourth-order valence-corrected chi connectivity index (χ4v) is 1.81. The summed E-state index contributed by atoms with van der Waals surface area (Å²) in [5.41, 5.74) is 3.03. The van der Waals surface area contributed by atoms with Crippen molar-refractivity contribution in [3.05, 3.63) is 59.4 Å². The van der Waals surface area contributed by atoms with E-state index in [-0.39, 0.29) is 5.78 Å². The number of hydrogen-bond acceptors (Lipinski definition) is 1. The van der Waals surface area contributed by atoms with Crippen LogP contribution in [0.2, 0.25) is 0 Å². The van der Waals surface area contributed by atoms with Crippen molar-refractivity contribution in [3.8, 4) is 0 Å². The van der Waals surface area contributed by atoms with E-state index in [1.165, 1.54) is 0 Å². The molecule has 0 amide bonds. The van der Waals surface area contributed by atoms with Gasteiger partial charge in [-0.2, -0.15) is 0 Å². The Kier molecular flexibility index (Phi) is 2.91. The zero-order valence-corrected chi connectivity index (χ0v) is 9.60. The van der Waals surface area contributed by atoms with Gasteiger partial charge >= 0.3 is 0 Å². The molecule has 0 aliphatic heterocycles. The average molecular weight is 213 g/mol. The summed E-state index contributed by atoms with van der Waals surface area (Å²) in [6.45, 7) is 4.46. The summed E-state index contributed by atoms with van der Waals surface area (Å²) in [6.07, 6.45) is 0. The second-order valence-electron chi connectivity index (χ2n) is 3.99. The Morgan fingerprint density at radius 3 is 2.12 bits per heavy atom. The maximum absolute atomic E-state index is 12.0. The Balaban J connectivity index is 2.21. The minimum absolute atomic E-state index is 0.156. The number of ketones is 1. The molecule has 1 aromatic heterocycles. The second-order valence-corrected chi connectivity index (χ2v) is 3.99. The van der Waals surface area contributed by atoms with E-state index in [2.05, 4.69) is 0 Å². The highest BCUT2D eigenvalue weighted by molar-refractivity contribution is 5.95. The van der Waals surface area contributed by atoms with E-state index in [0.717, 1.165) is 17.0 Å². The topological polar surface area (TPSA) is 22.0 Å². The van der Waals surface area contributed by atoms with Gasteiger partial charge in [0.05, 0.1) is 6.54 Å². The number of hydrogen-bond donors (Lipinski definition) is 0. The molecule has 0 unspecified atom stereocenters. The molecule has 2 rings (SSSR count). The molecule has 0 radical (unpaired) electrons. The molecular formula is C14H15NO. The van der Waals surface area contributed by atoms with Crippen LogP contribution in [0.3, 0.4) is 0 Å². The molecule has 0 fully saturated rings. The van der Waals surface area contributed by atoms with Crippen molar-refractivity contribution in [2.24, 2.45) is 0 Å². The number of Topliss-reactive ketones (excluding diaryl/α,β-unsaturated/α-hetero) is 1. The van der Waals surface area contributed by atoms with Crippen molar-refractivity contribution in [1.29, 1.82) is 0 Å². The number of aryl methyl sites for hydroxylation is 2. The van der Waals surface area contributed by atoms with Gasteiger partial charge < -0.3 is 4.57 Å². The first kappa shape index (κ1) is 10.7. The zero-order valence-electron chi connectivity index (χ0n) is 9.60. The fraction of sp³-hybridized carbons (Fsp3) is 0.214. The average Bonchev–Trinajstić information content (AvgIpc) is 2.62. The summed E-state index contributed by atoms with van der Waals surface area (Å²) >= 11 is 0. The van der Waals surface area contributed by atoms with Crippen molar-refractivity contribution >= 4 is 5.78 Å². The first-order valence-electron chi connectivity index (χ1n) is 5.39. The van der Waals surface area contributed by atoms with Crippen LogP contribution in [0.15, 0.2) is 42.5 Å². The fourth-order valence-electron chi connectivity index (χ4n) is 1.81. The van der Waals surface area contributed by atoms with Crippen molar-refractivity contribution in [2.45, 2.75) is 20.4 Å². The number of carbonyl (C=O) groups excluding carboxylic acids is 1. The van der Waals surface area contributed by atoms with Crippen LogP contribution >= 0.6 is 0 Å². The number of nitrogens with zero attached hydrogens (tertiary/aromatic N) is 1. The Labute approximate surface area is 95.5 Å². The maximum atomic E-state index is 12.0. The van der Waals surface area contributed by atoms with E-state index in [0.29, 0.717) is 6.54 Å². The molecule has 0 saturated carbocycles. The van der Waals surface area contributed by atoms with E-state index in [1.54, 1.807) is 0 Å². The molecule has 1 heterocycles. The highest BCUT2D eigenvalue weighted by Gasteiger charge is 2.08. The molecule has 2 heteroatoms. The number of rotatable bonds is 3. The smallest absolute Gasteiger partial charge is 0.182 e. The quantitative estimate of drug-likeness (QED) is 0.718. The molecule has 0 aliphatic carbocycles. The van der Waals surface area contributed by atoms with E-state index in [1.807, 2.05) is 60.9 Å². The third-order valence-corrected chi connectivity index (χ3v) is 2.81. The number of aromatic nitrogens is 1. The Hall–Kier alpha value is -1.83. The minimum Gasteiger partial charge on any atom is -0.341 e. The molecule has 0 spiro atoms. The van der Waals surface area contributed by atoms with Crippen LogP contribution in [-0.2, 0) is 6.54 Å². The molecule has 0 atom stereocenters. The molecule has 0 aliphatic rings. The van der Waals surface area contributed by atoms with E-state index >= 15 is 0 Å². The Morgan fingerprint density at radius 1 is 1.00 bits per heavy atom. The lowest BCUT2D eigenvalue weighted by atomic mass is 10.1. The van der Waals surface area contributed by atoms with Crippen molar-refractivity contribution < 1.29 is 4.79 Å². The van der Waals surface area contributed by atoms with Crippen molar-refractivity contribution in [2.75, 3.05) is 0 Å². The maximum Gasteiger partial charge on any atom is 0.182 e.